The van der Waals surface area contributed by atoms with E-state index < -0.39 is 17.7 Å². The molecule has 0 bridgehead atoms. The topological polar surface area (TPSA) is 28.2 Å². The first-order valence-electron chi connectivity index (χ1n) is 5.18. The molecule has 1 saturated heterocycles. The second-order valence-electron chi connectivity index (χ2n) is 3.74. The maximum atomic E-state index is 13.5. The minimum atomic E-state index is -4.55. The molecule has 1 N–H and O–H groups in total. The summed E-state index contributed by atoms with van der Waals surface area (Å²) in [7, 11) is 0. The largest absolute Gasteiger partial charge is 0.433 e. The van der Waals surface area contributed by atoms with Gasteiger partial charge in [0, 0.05) is 26.2 Å². The lowest BCUT2D eigenvalue weighted by Crippen LogP contribution is -2.44. The van der Waals surface area contributed by atoms with Crippen molar-refractivity contribution in [2.75, 3.05) is 31.1 Å². The molecule has 0 unspecified atom stereocenters. The van der Waals surface area contributed by atoms with Gasteiger partial charge in [-0.05, 0) is 12.1 Å². The van der Waals surface area contributed by atoms with Crippen LogP contribution in [0.1, 0.15) is 5.69 Å². The molecular weight excluding hydrogens is 238 g/mol. The van der Waals surface area contributed by atoms with E-state index in [0.717, 1.165) is 6.07 Å². The Hall–Kier alpha value is -1.37. The average molecular weight is 249 g/mol. The fraction of sp³-hybridized carbons (Fsp3) is 0.500. The van der Waals surface area contributed by atoms with Gasteiger partial charge in [0.2, 0.25) is 0 Å². The maximum Gasteiger partial charge on any atom is 0.433 e. The molecule has 17 heavy (non-hydrogen) atoms. The number of pyridine rings is 1. The number of nitrogens with zero attached hydrogens (tertiary/aromatic N) is 2. The van der Waals surface area contributed by atoms with E-state index in [2.05, 4.69) is 10.3 Å². The van der Waals surface area contributed by atoms with Crippen molar-refractivity contribution in [2.45, 2.75) is 6.18 Å². The third-order valence-electron chi connectivity index (χ3n) is 2.53. The van der Waals surface area contributed by atoms with Gasteiger partial charge in [0.25, 0.3) is 0 Å². The summed E-state index contributed by atoms with van der Waals surface area (Å²) in [5.74, 6) is -0.943. The van der Waals surface area contributed by atoms with Crippen LogP contribution >= 0.6 is 0 Å². The minimum absolute atomic E-state index is 0.221. The molecule has 0 amide bonds. The first-order chi connectivity index (χ1) is 7.98. The first-order valence-corrected chi connectivity index (χ1v) is 5.18. The zero-order valence-corrected chi connectivity index (χ0v) is 8.89. The van der Waals surface area contributed by atoms with Gasteiger partial charge < -0.3 is 10.2 Å². The Morgan fingerprint density at radius 3 is 2.41 bits per heavy atom. The van der Waals surface area contributed by atoms with E-state index >= 15 is 0 Å². The molecule has 0 atom stereocenters. The molecule has 1 fully saturated rings. The Morgan fingerprint density at radius 1 is 1.18 bits per heavy atom. The van der Waals surface area contributed by atoms with Crippen LogP contribution in [0.15, 0.2) is 12.1 Å². The van der Waals surface area contributed by atoms with Crippen molar-refractivity contribution in [2.24, 2.45) is 0 Å². The van der Waals surface area contributed by atoms with Gasteiger partial charge in [0.05, 0.1) is 0 Å². The molecular formula is C10H11F4N3. The average Bonchev–Trinajstić information content (AvgIpc) is 2.29. The highest BCUT2D eigenvalue weighted by molar-refractivity contribution is 5.42. The number of alkyl halides is 3. The SMILES string of the molecule is Fc1ccc(C(F)(F)F)nc1N1CCNCC1. The number of piperazine rings is 1. The summed E-state index contributed by atoms with van der Waals surface area (Å²) in [5.41, 5.74) is -1.06. The summed E-state index contributed by atoms with van der Waals surface area (Å²) < 4.78 is 50.8. The van der Waals surface area contributed by atoms with Crippen LogP contribution in [0, 0.1) is 5.82 Å². The lowest BCUT2D eigenvalue weighted by Gasteiger charge is -2.29. The molecule has 0 spiro atoms. The van der Waals surface area contributed by atoms with Gasteiger partial charge in [-0.2, -0.15) is 13.2 Å². The van der Waals surface area contributed by atoms with Crippen molar-refractivity contribution in [1.29, 1.82) is 0 Å². The minimum Gasteiger partial charge on any atom is -0.352 e. The lowest BCUT2D eigenvalue weighted by molar-refractivity contribution is -0.141. The van der Waals surface area contributed by atoms with Gasteiger partial charge in [-0.1, -0.05) is 0 Å². The molecule has 94 valence electrons. The summed E-state index contributed by atoms with van der Waals surface area (Å²) in [4.78, 5) is 4.88. The Labute approximate surface area is 95.4 Å². The quantitative estimate of drug-likeness (QED) is 0.767. The summed E-state index contributed by atoms with van der Waals surface area (Å²) in [5, 5.41) is 3.03. The van der Waals surface area contributed by atoms with Crippen molar-refractivity contribution in [3.63, 3.8) is 0 Å². The van der Waals surface area contributed by atoms with Crippen LogP contribution in [-0.4, -0.2) is 31.2 Å². The summed E-state index contributed by atoms with van der Waals surface area (Å²) in [6.07, 6.45) is -4.55. The molecule has 2 heterocycles. The highest BCUT2D eigenvalue weighted by Crippen LogP contribution is 2.30. The number of aromatic nitrogens is 1. The molecule has 0 saturated carbocycles. The molecule has 1 aliphatic rings. The number of anilines is 1. The maximum absolute atomic E-state index is 13.5. The summed E-state index contributed by atoms with van der Waals surface area (Å²) >= 11 is 0. The van der Waals surface area contributed by atoms with Crippen LogP contribution in [0.2, 0.25) is 0 Å². The van der Waals surface area contributed by atoms with Crippen LogP contribution in [0.25, 0.3) is 0 Å². The molecule has 1 aromatic heterocycles. The van der Waals surface area contributed by atoms with Crippen molar-refractivity contribution in [1.82, 2.24) is 10.3 Å². The van der Waals surface area contributed by atoms with Crippen molar-refractivity contribution >= 4 is 5.82 Å². The molecule has 0 aliphatic carbocycles. The number of hydrogen-bond donors (Lipinski definition) is 1. The second-order valence-corrected chi connectivity index (χ2v) is 3.74. The van der Waals surface area contributed by atoms with Crippen LogP contribution in [0.5, 0.6) is 0 Å². The molecule has 0 aromatic carbocycles. The fourth-order valence-electron chi connectivity index (χ4n) is 1.69. The van der Waals surface area contributed by atoms with Crippen LogP contribution in [-0.2, 0) is 6.18 Å². The number of hydrogen-bond acceptors (Lipinski definition) is 3. The lowest BCUT2D eigenvalue weighted by atomic mass is 10.3. The van der Waals surface area contributed by atoms with Crippen LogP contribution in [0.4, 0.5) is 23.4 Å². The molecule has 1 aliphatic heterocycles. The summed E-state index contributed by atoms with van der Waals surface area (Å²) in [6, 6.07) is 1.47. The first kappa shape index (κ1) is 12.1. The van der Waals surface area contributed by atoms with E-state index in [4.69, 9.17) is 0 Å². The van der Waals surface area contributed by atoms with E-state index in [9.17, 15) is 17.6 Å². The number of nitrogens with one attached hydrogen (secondary N) is 1. The normalized spacial score (nSPS) is 17.3. The van der Waals surface area contributed by atoms with Gasteiger partial charge in [0.15, 0.2) is 11.6 Å². The highest BCUT2D eigenvalue weighted by atomic mass is 19.4. The third kappa shape index (κ3) is 2.66. The number of halogens is 4. The monoisotopic (exact) mass is 249 g/mol. The summed E-state index contributed by atoms with van der Waals surface area (Å²) in [6.45, 7) is 2.12. The van der Waals surface area contributed by atoms with E-state index in [-0.39, 0.29) is 5.82 Å². The zero-order chi connectivity index (χ0) is 12.5. The molecule has 0 radical (unpaired) electrons. The van der Waals surface area contributed by atoms with E-state index in [1.165, 1.54) is 4.90 Å². The highest BCUT2D eigenvalue weighted by Gasteiger charge is 2.33. The zero-order valence-electron chi connectivity index (χ0n) is 8.89. The molecule has 3 nitrogen and oxygen atoms in total. The second kappa shape index (κ2) is 4.48. The Bertz CT molecular complexity index is 399. The van der Waals surface area contributed by atoms with Crippen molar-refractivity contribution in [3.05, 3.63) is 23.6 Å². The molecule has 7 heteroatoms. The van der Waals surface area contributed by atoms with E-state index in [0.29, 0.717) is 32.2 Å². The van der Waals surface area contributed by atoms with Crippen molar-refractivity contribution in [3.8, 4) is 0 Å². The fourth-order valence-corrected chi connectivity index (χ4v) is 1.69. The van der Waals surface area contributed by atoms with Gasteiger partial charge in [0.1, 0.15) is 5.69 Å². The van der Waals surface area contributed by atoms with Gasteiger partial charge in [-0.15, -0.1) is 0 Å². The van der Waals surface area contributed by atoms with E-state index in [1.54, 1.807) is 0 Å². The Kier molecular flexibility index (Phi) is 3.19. The van der Waals surface area contributed by atoms with Gasteiger partial charge in [-0.3, -0.25) is 0 Å². The van der Waals surface area contributed by atoms with E-state index in [1.807, 2.05) is 0 Å². The van der Waals surface area contributed by atoms with Crippen molar-refractivity contribution < 1.29 is 17.6 Å². The Morgan fingerprint density at radius 2 is 1.82 bits per heavy atom. The van der Waals surface area contributed by atoms with Gasteiger partial charge >= 0.3 is 6.18 Å². The third-order valence-corrected chi connectivity index (χ3v) is 2.53. The predicted molar refractivity (Wildman–Crippen MR) is 54.3 cm³/mol. The predicted octanol–water partition coefficient (Wildman–Crippen LogP) is 1.65. The smallest absolute Gasteiger partial charge is 0.352 e. The Balaban J connectivity index is 2.31. The number of rotatable bonds is 1. The van der Waals surface area contributed by atoms with Gasteiger partial charge in [-0.25, -0.2) is 9.37 Å². The molecule has 1 aromatic rings. The molecule has 2 rings (SSSR count). The van der Waals surface area contributed by atoms with Crippen LogP contribution in [0.3, 0.4) is 0 Å². The van der Waals surface area contributed by atoms with Crippen LogP contribution < -0.4 is 10.2 Å². The standard InChI is InChI=1S/C10H11F4N3/c11-7-1-2-8(10(12,13)14)16-9(7)17-5-3-15-4-6-17/h1-2,15H,3-6H2.